The first-order valence-corrected chi connectivity index (χ1v) is 9.58. The molecule has 1 aliphatic heterocycles. The molecule has 7 nitrogen and oxygen atoms in total. The summed E-state index contributed by atoms with van der Waals surface area (Å²) in [7, 11) is 0. The number of amides is 1. The lowest BCUT2D eigenvalue weighted by molar-refractivity contribution is -0.384. The Morgan fingerprint density at radius 1 is 1.09 bits per heavy atom. The molecule has 1 aliphatic rings. The number of nitro groups is 1. The monoisotopic (exact) mass is 458 g/mol. The summed E-state index contributed by atoms with van der Waals surface area (Å²) < 4.78 is 65.7. The molecule has 0 saturated carbocycles. The number of piperazine rings is 1. The summed E-state index contributed by atoms with van der Waals surface area (Å²) in [6.45, 7) is 2.57. The van der Waals surface area contributed by atoms with Crippen LogP contribution in [-0.2, 0) is 11.0 Å². The molecule has 0 radical (unpaired) electrons. The average Bonchev–Trinajstić information content (AvgIpc) is 2.74. The molecule has 0 bridgehead atoms. The van der Waals surface area contributed by atoms with Crippen molar-refractivity contribution in [3.8, 4) is 0 Å². The quantitative estimate of drug-likeness (QED) is 0.416. The van der Waals surface area contributed by atoms with Gasteiger partial charge in [-0.25, -0.2) is 8.78 Å². The third-order valence-electron chi connectivity index (χ3n) is 5.27. The number of halogens is 5. The molecule has 1 heterocycles. The van der Waals surface area contributed by atoms with Gasteiger partial charge >= 0.3 is 6.18 Å². The number of nitro benzene ring substituents is 1. The Morgan fingerprint density at radius 2 is 1.75 bits per heavy atom. The summed E-state index contributed by atoms with van der Waals surface area (Å²) in [4.78, 5) is 26.2. The van der Waals surface area contributed by atoms with E-state index in [4.69, 9.17) is 0 Å². The standard InChI is InChI=1S/C20H19F5N4O3/c1-12(19(30)26-16-11-14(21)3-4-15(16)22)27-6-8-28(9-7-27)17-5-2-13(20(23,24)25)10-18(17)29(31)32/h2-5,10-12H,6-9H2,1H3,(H,26,30). The van der Waals surface area contributed by atoms with Crippen molar-refractivity contribution in [1.82, 2.24) is 4.90 Å². The highest BCUT2D eigenvalue weighted by Gasteiger charge is 2.35. The van der Waals surface area contributed by atoms with E-state index in [-0.39, 0.29) is 37.6 Å². The molecule has 1 amide bonds. The zero-order valence-electron chi connectivity index (χ0n) is 16.8. The molecule has 1 saturated heterocycles. The summed E-state index contributed by atoms with van der Waals surface area (Å²) in [5, 5.41) is 13.7. The molecule has 3 rings (SSSR count). The minimum atomic E-state index is -4.70. The average molecular weight is 458 g/mol. The summed E-state index contributed by atoms with van der Waals surface area (Å²) in [5.74, 6) is -2.06. The molecule has 2 aromatic carbocycles. The first kappa shape index (κ1) is 23.4. The van der Waals surface area contributed by atoms with Crippen molar-refractivity contribution in [2.24, 2.45) is 0 Å². The van der Waals surface area contributed by atoms with Crippen molar-refractivity contribution >= 4 is 23.0 Å². The topological polar surface area (TPSA) is 78.7 Å². The SMILES string of the molecule is CC(C(=O)Nc1cc(F)ccc1F)N1CCN(c2ccc(C(F)(F)F)cc2[N+](=O)[O-])CC1. The van der Waals surface area contributed by atoms with Gasteiger partial charge < -0.3 is 10.2 Å². The maximum atomic E-state index is 13.8. The molecule has 0 aromatic heterocycles. The van der Waals surface area contributed by atoms with E-state index < -0.39 is 45.9 Å². The number of anilines is 2. The van der Waals surface area contributed by atoms with Gasteiger partial charge in [-0.2, -0.15) is 13.2 Å². The normalized spacial score (nSPS) is 16.0. The zero-order valence-corrected chi connectivity index (χ0v) is 16.8. The minimum absolute atomic E-state index is 0.0570. The number of carbonyl (C=O) groups is 1. The van der Waals surface area contributed by atoms with Gasteiger partial charge in [-0.15, -0.1) is 0 Å². The highest BCUT2D eigenvalue weighted by atomic mass is 19.4. The van der Waals surface area contributed by atoms with Gasteiger partial charge in [0.15, 0.2) is 0 Å². The molecular formula is C20H19F5N4O3. The second-order valence-corrected chi connectivity index (χ2v) is 7.27. The van der Waals surface area contributed by atoms with Gasteiger partial charge in [-0.3, -0.25) is 19.8 Å². The van der Waals surface area contributed by atoms with Crippen LogP contribution >= 0.6 is 0 Å². The summed E-state index contributed by atoms with van der Waals surface area (Å²) in [6, 6.07) is 4.33. The van der Waals surface area contributed by atoms with Gasteiger partial charge in [-0.05, 0) is 31.2 Å². The van der Waals surface area contributed by atoms with E-state index in [9.17, 15) is 36.9 Å². The van der Waals surface area contributed by atoms with E-state index in [1.165, 1.54) is 0 Å². The Hall–Kier alpha value is -3.28. The Bertz CT molecular complexity index is 1020. The third-order valence-corrected chi connectivity index (χ3v) is 5.27. The maximum absolute atomic E-state index is 13.8. The number of hydrogen-bond acceptors (Lipinski definition) is 5. The van der Waals surface area contributed by atoms with Crippen LogP contribution in [0, 0.1) is 21.7 Å². The summed E-state index contributed by atoms with van der Waals surface area (Å²) in [5.41, 5.74) is -2.00. The van der Waals surface area contributed by atoms with Crippen molar-refractivity contribution in [3.05, 3.63) is 63.7 Å². The Balaban J connectivity index is 1.67. The van der Waals surface area contributed by atoms with Crippen molar-refractivity contribution < 1.29 is 31.7 Å². The fourth-order valence-corrected chi connectivity index (χ4v) is 3.46. The smallest absolute Gasteiger partial charge is 0.363 e. The van der Waals surface area contributed by atoms with Crippen LogP contribution in [0.15, 0.2) is 36.4 Å². The number of nitrogens with zero attached hydrogens (tertiary/aromatic N) is 3. The van der Waals surface area contributed by atoms with Crippen LogP contribution < -0.4 is 10.2 Å². The van der Waals surface area contributed by atoms with Crippen molar-refractivity contribution in [3.63, 3.8) is 0 Å². The van der Waals surface area contributed by atoms with Gasteiger partial charge in [0, 0.05) is 38.3 Å². The van der Waals surface area contributed by atoms with E-state index in [0.29, 0.717) is 6.07 Å². The van der Waals surface area contributed by atoms with Crippen LogP contribution in [0.2, 0.25) is 0 Å². The van der Waals surface area contributed by atoms with Gasteiger partial charge in [0.05, 0.1) is 22.2 Å². The van der Waals surface area contributed by atoms with Crippen LogP contribution in [0.25, 0.3) is 0 Å². The Morgan fingerprint density at radius 3 is 2.34 bits per heavy atom. The molecule has 2 aromatic rings. The minimum Gasteiger partial charge on any atom is -0.363 e. The first-order chi connectivity index (χ1) is 15.0. The molecule has 1 atom stereocenters. The van der Waals surface area contributed by atoms with Gasteiger partial charge in [0.2, 0.25) is 5.91 Å². The van der Waals surface area contributed by atoms with E-state index >= 15 is 0 Å². The molecule has 1 fully saturated rings. The van der Waals surface area contributed by atoms with E-state index in [1.807, 2.05) is 0 Å². The van der Waals surface area contributed by atoms with Crippen LogP contribution in [0.4, 0.5) is 39.0 Å². The van der Waals surface area contributed by atoms with Crippen LogP contribution in [-0.4, -0.2) is 48.0 Å². The lowest BCUT2D eigenvalue weighted by atomic mass is 10.1. The maximum Gasteiger partial charge on any atom is 0.416 e. The molecule has 0 aliphatic carbocycles. The molecule has 0 spiro atoms. The van der Waals surface area contributed by atoms with Crippen LogP contribution in [0.5, 0.6) is 0 Å². The number of alkyl halides is 3. The zero-order chi connectivity index (χ0) is 23.6. The van der Waals surface area contributed by atoms with Crippen molar-refractivity contribution in [2.75, 3.05) is 36.4 Å². The number of benzene rings is 2. The molecule has 172 valence electrons. The molecule has 1 N–H and O–H groups in total. The largest absolute Gasteiger partial charge is 0.416 e. The fourth-order valence-electron chi connectivity index (χ4n) is 3.46. The van der Waals surface area contributed by atoms with Gasteiger partial charge in [0.1, 0.15) is 17.3 Å². The molecular weight excluding hydrogens is 439 g/mol. The number of nitrogens with one attached hydrogen (secondary N) is 1. The molecule has 32 heavy (non-hydrogen) atoms. The fraction of sp³-hybridized carbons (Fsp3) is 0.350. The van der Waals surface area contributed by atoms with Crippen molar-refractivity contribution in [2.45, 2.75) is 19.1 Å². The predicted molar refractivity (Wildman–Crippen MR) is 106 cm³/mol. The highest BCUT2D eigenvalue weighted by Crippen LogP contribution is 2.36. The number of carbonyl (C=O) groups excluding carboxylic acids is 1. The predicted octanol–water partition coefficient (Wildman–Crippen LogP) is 4.04. The van der Waals surface area contributed by atoms with Crippen LogP contribution in [0.1, 0.15) is 12.5 Å². The van der Waals surface area contributed by atoms with Crippen LogP contribution in [0.3, 0.4) is 0 Å². The van der Waals surface area contributed by atoms with Gasteiger partial charge in [-0.1, -0.05) is 0 Å². The molecule has 12 heteroatoms. The summed E-state index contributed by atoms with van der Waals surface area (Å²) >= 11 is 0. The Labute approximate surface area is 179 Å². The third kappa shape index (κ3) is 5.13. The number of hydrogen-bond donors (Lipinski definition) is 1. The second-order valence-electron chi connectivity index (χ2n) is 7.27. The molecule has 1 unspecified atom stereocenters. The van der Waals surface area contributed by atoms with E-state index in [0.717, 1.165) is 30.3 Å². The van der Waals surface area contributed by atoms with Gasteiger partial charge in [0.25, 0.3) is 5.69 Å². The first-order valence-electron chi connectivity index (χ1n) is 9.58. The van der Waals surface area contributed by atoms with E-state index in [2.05, 4.69) is 5.32 Å². The second kappa shape index (κ2) is 9.07. The Kier molecular flexibility index (Phi) is 6.63. The van der Waals surface area contributed by atoms with E-state index in [1.54, 1.807) is 16.7 Å². The number of rotatable bonds is 5. The lowest BCUT2D eigenvalue weighted by Gasteiger charge is -2.38. The lowest BCUT2D eigenvalue weighted by Crippen LogP contribution is -2.53. The highest BCUT2D eigenvalue weighted by molar-refractivity contribution is 5.94. The summed E-state index contributed by atoms with van der Waals surface area (Å²) in [6.07, 6.45) is -4.70. The van der Waals surface area contributed by atoms with Crippen molar-refractivity contribution in [1.29, 1.82) is 0 Å².